The van der Waals surface area contributed by atoms with Gasteiger partial charge in [0.05, 0.1) is 5.56 Å². The Morgan fingerprint density at radius 1 is 1.43 bits per heavy atom. The Hall–Kier alpha value is -1.56. The van der Waals surface area contributed by atoms with Gasteiger partial charge in [-0.3, -0.25) is 4.79 Å². The number of rotatable bonds is 6. The van der Waals surface area contributed by atoms with E-state index in [0.29, 0.717) is 24.4 Å². The maximum atomic E-state index is 12.7. The van der Waals surface area contributed by atoms with Gasteiger partial charge < -0.3 is 10.6 Å². The summed E-state index contributed by atoms with van der Waals surface area (Å²) in [6.07, 6.45) is -1.97. The predicted octanol–water partition coefficient (Wildman–Crippen LogP) is 3.00. The number of amides is 1. The van der Waals surface area contributed by atoms with Gasteiger partial charge in [0, 0.05) is 12.5 Å². The average Bonchev–Trinajstić information content (AvgIpc) is 3.00. The van der Waals surface area contributed by atoms with Crippen LogP contribution in [0, 0.1) is 11.8 Å². The highest BCUT2D eigenvalue weighted by molar-refractivity contribution is 5.78. The van der Waals surface area contributed by atoms with Gasteiger partial charge in [-0.2, -0.15) is 13.2 Å². The molecule has 1 aromatic carbocycles. The van der Waals surface area contributed by atoms with Crippen LogP contribution in [0.2, 0.25) is 0 Å². The number of hydrogen-bond donors (Lipinski definition) is 2. The predicted molar refractivity (Wildman–Crippen MR) is 82.9 cm³/mol. The van der Waals surface area contributed by atoms with Crippen LogP contribution < -0.4 is 10.6 Å². The van der Waals surface area contributed by atoms with Crippen LogP contribution in [0.3, 0.4) is 0 Å². The molecule has 0 aliphatic carbocycles. The van der Waals surface area contributed by atoms with E-state index in [4.69, 9.17) is 0 Å². The zero-order valence-corrected chi connectivity index (χ0v) is 13.2. The number of carbonyl (C=O) groups is 1. The molecular weight excluding hydrogens is 305 g/mol. The van der Waals surface area contributed by atoms with Crippen LogP contribution in [0.1, 0.15) is 30.9 Å². The number of nitrogens with one attached hydrogen (secondary N) is 2. The van der Waals surface area contributed by atoms with Crippen LogP contribution in [-0.4, -0.2) is 25.5 Å². The number of hydrogen-bond acceptors (Lipinski definition) is 2. The number of halogens is 3. The van der Waals surface area contributed by atoms with Crippen molar-refractivity contribution in [3.63, 3.8) is 0 Å². The molecule has 0 spiro atoms. The highest BCUT2D eigenvalue weighted by Crippen LogP contribution is 2.30. The Balaban J connectivity index is 1.80. The van der Waals surface area contributed by atoms with Gasteiger partial charge >= 0.3 is 6.18 Å². The van der Waals surface area contributed by atoms with E-state index in [2.05, 4.69) is 10.6 Å². The lowest BCUT2D eigenvalue weighted by Crippen LogP contribution is -2.32. The second kappa shape index (κ2) is 7.81. The fourth-order valence-electron chi connectivity index (χ4n) is 2.86. The summed E-state index contributed by atoms with van der Waals surface area (Å²) in [5, 5.41) is 6.16. The molecule has 23 heavy (non-hydrogen) atoms. The van der Waals surface area contributed by atoms with Gasteiger partial charge in [0.2, 0.25) is 5.91 Å². The minimum absolute atomic E-state index is 0.103. The van der Waals surface area contributed by atoms with E-state index in [1.54, 1.807) is 13.0 Å². The van der Waals surface area contributed by atoms with Crippen molar-refractivity contribution in [2.45, 2.75) is 32.4 Å². The fourth-order valence-corrected chi connectivity index (χ4v) is 2.86. The summed E-state index contributed by atoms with van der Waals surface area (Å²) in [6, 6.07) is 5.18. The third kappa shape index (κ3) is 5.53. The molecule has 1 aliphatic heterocycles. The van der Waals surface area contributed by atoms with Crippen LogP contribution in [0.15, 0.2) is 24.3 Å². The second-order valence-electron chi connectivity index (χ2n) is 6.24. The van der Waals surface area contributed by atoms with E-state index >= 15 is 0 Å². The molecule has 1 saturated heterocycles. The molecule has 3 nitrogen and oxygen atoms in total. The van der Waals surface area contributed by atoms with Gasteiger partial charge in [0.25, 0.3) is 0 Å². The molecule has 1 heterocycles. The number of alkyl halides is 3. The summed E-state index contributed by atoms with van der Waals surface area (Å²) in [7, 11) is 0. The first-order valence-corrected chi connectivity index (χ1v) is 8.01. The molecule has 0 bridgehead atoms. The standard InChI is InChI=1S/C17H23F3N2O/c1-12(16(23)22-8-6-13-5-7-21-11-13)9-14-3-2-4-15(10-14)17(18,19)20/h2-4,10,12-13,21H,5-9,11H2,1H3,(H,22,23). The minimum Gasteiger partial charge on any atom is -0.356 e. The quantitative estimate of drug-likeness (QED) is 0.843. The fraction of sp³-hybridized carbons (Fsp3) is 0.588. The molecule has 2 rings (SSSR count). The molecule has 6 heteroatoms. The zero-order chi connectivity index (χ0) is 16.9. The summed E-state index contributed by atoms with van der Waals surface area (Å²) in [6.45, 7) is 4.39. The Kier molecular flexibility index (Phi) is 6.04. The van der Waals surface area contributed by atoms with Gasteiger partial charge in [-0.25, -0.2) is 0 Å². The average molecular weight is 328 g/mol. The Morgan fingerprint density at radius 2 is 2.22 bits per heavy atom. The van der Waals surface area contributed by atoms with Crippen LogP contribution in [-0.2, 0) is 17.4 Å². The molecule has 2 unspecified atom stereocenters. The molecule has 1 aliphatic rings. The van der Waals surface area contributed by atoms with Crippen molar-refractivity contribution in [1.29, 1.82) is 0 Å². The maximum absolute atomic E-state index is 12.7. The highest BCUT2D eigenvalue weighted by atomic mass is 19.4. The molecule has 2 atom stereocenters. The van der Waals surface area contributed by atoms with Crippen molar-refractivity contribution >= 4 is 5.91 Å². The van der Waals surface area contributed by atoms with Gasteiger partial charge in [0.15, 0.2) is 0 Å². The van der Waals surface area contributed by atoms with Crippen molar-refractivity contribution in [2.75, 3.05) is 19.6 Å². The zero-order valence-electron chi connectivity index (χ0n) is 13.2. The topological polar surface area (TPSA) is 41.1 Å². The summed E-state index contributed by atoms with van der Waals surface area (Å²) < 4.78 is 38.1. The third-order valence-corrected chi connectivity index (χ3v) is 4.26. The molecule has 0 aromatic heterocycles. The smallest absolute Gasteiger partial charge is 0.356 e. The Bertz CT molecular complexity index is 525. The molecule has 1 aromatic rings. The monoisotopic (exact) mass is 328 g/mol. The minimum atomic E-state index is -4.35. The van der Waals surface area contributed by atoms with Gasteiger partial charge in [0.1, 0.15) is 0 Å². The van der Waals surface area contributed by atoms with Crippen molar-refractivity contribution < 1.29 is 18.0 Å². The highest BCUT2D eigenvalue weighted by Gasteiger charge is 2.30. The first-order valence-electron chi connectivity index (χ1n) is 8.01. The third-order valence-electron chi connectivity index (χ3n) is 4.26. The maximum Gasteiger partial charge on any atom is 0.416 e. The van der Waals surface area contributed by atoms with Crippen molar-refractivity contribution in [3.8, 4) is 0 Å². The summed E-state index contributed by atoms with van der Waals surface area (Å²) in [4.78, 5) is 12.1. The van der Waals surface area contributed by atoms with Crippen LogP contribution in [0.25, 0.3) is 0 Å². The number of benzene rings is 1. The van der Waals surface area contributed by atoms with Gasteiger partial charge in [-0.15, -0.1) is 0 Å². The van der Waals surface area contributed by atoms with Crippen molar-refractivity contribution in [1.82, 2.24) is 10.6 Å². The van der Waals surface area contributed by atoms with Crippen molar-refractivity contribution in [3.05, 3.63) is 35.4 Å². The van der Waals surface area contributed by atoms with E-state index < -0.39 is 11.7 Å². The lowest BCUT2D eigenvalue weighted by atomic mass is 9.98. The summed E-state index contributed by atoms with van der Waals surface area (Å²) >= 11 is 0. The molecule has 2 N–H and O–H groups in total. The lowest BCUT2D eigenvalue weighted by Gasteiger charge is -2.15. The van der Waals surface area contributed by atoms with Crippen LogP contribution in [0.4, 0.5) is 13.2 Å². The van der Waals surface area contributed by atoms with Gasteiger partial charge in [-0.1, -0.05) is 25.1 Å². The van der Waals surface area contributed by atoms with E-state index in [9.17, 15) is 18.0 Å². The SMILES string of the molecule is CC(Cc1cccc(C(F)(F)F)c1)C(=O)NCCC1CCNC1. The first kappa shape index (κ1) is 17.8. The number of carbonyl (C=O) groups excluding carboxylic acids is 1. The molecule has 0 saturated carbocycles. The van der Waals surface area contributed by atoms with Gasteiger partial charge in [-0.05, 0) is 49.9 Å². The van der Waals surface area contributed by atoms with Crippen LogP contribution >= 0.6 is 0 Å². The van der Waals surface area contributed by atoms with E-state index in [1.807, 2.05) is 0 Å². The van der Waals surface area contributed by atoms with Crippen LogP contribution in [0.5, 0.6) is 0 Å². The molecular formula is C17H23F3N2O. The summed E-state index contributed by atoms with van der Waals surface area (Å²) in [5.41, 5.74) is -0.140. The van der Waals surface area contributed by atoms with E-state index in [1.165, 1.54) is 6.07 Å². The largest absolute Gasteiger partial charge is 0.416 e. The lowest BCUT2D eigenvalue weighted by molar-refractivity contribution is -0.137. The Labute approximate surface area is 134 Å². The van der Waals surface area contributed by atoms with E-state index in [-0.39, 0.29) is 11.8 Å². The van der Waals surface area contributed by atoms with E-state index in [0.717, 1.165) is 38.1 Å². The van der Waals surface area contributed by atoms with Crippen molar-refractivity contribution in [2.24, 2.45) is 11.8 Å². The first-order chi connectivity index (χ1) is 10.9. The Morgan fingerprint density at radius 3 is 2.87 bits per heavy atom. The molecule has 0 radical (unpaired) electrons. The second-order valence-corrected chi connectivity index (χ2v) is 6.24. The molecule has 128 valence electrons. The molecule has 1 fully saturated rings. The normalized spacial score (nSPS) is 19.6. The molecule has 1 amide bonds. The summed E-state index contributed by atoms with van der Waals surface area (Å²) in [5.74, 6) is 0.155.